The molecule has 0 radical (unpaired) electrons. The van der Waals surface area contributed by atoms with Crippen LogP contribution in [-0.2, 0) is 30.5 Å². The summed E-state index contributed by atoms with van der Waals surface area (Å²) in [6.07, 6.45) is 3.21. The van der Waals surface area contributed by atoms with Crippen LogP contribution >= 0.6 is 8.53 Å². The van der Waals surface area contributed by atoms with E-state index in [-0.39, 0.29) is 18.7 Å². The third-order valence-corrected chi connectivity index (χ3v) is 12.4. The molecule has 0 aliphatic carbocycles. The van der Waals surface area contributed by atoms with Crippen molar-refractivity contribution in [2.75, 3.05) is 27.4 Å². The number of H-pyrrole nitrogens is 1. The first-order valence-electron chi connectivity index (χ1n) is 19.8. The van der Waals surface area contributed by atoms with E-state index in [9.17, 15) is 9.59 Å². The summed E-state index contributed by atoms with van der Waals surface area (Å²) in [5, 5.41) is 0. The van der Waals surface area contributed by atoms with Crippen LogP contribution in [0.25, 0.3) is 0 Å². The summed E-state index contributed by atoms with van der Waals surface area (Å²) in [6.45, 7) is 10.7. The Bertz CT molecular complexity index is 2090. The quantitative estimate of drug-likeness (QED) is 0.0499. The zero-order valence-electron chi connectivity index (χ0n) is 34.4. The van der Waals surface area contributed by atoms with E-state index in [1.165, 1.54) is 4.57 Å². The standard InChI is InChI=1S/C45H55N4O8P/c1-31(2)49(32(3)4)58(55-27-13-17-37-16-11-12-26-46-37)57-40-28-42(48-29-33(5)43(50)47-44(48)51)56-41(40)30-54-45(34-14-9-8-10-15-34,35-18-22-38(52-6)23-19-35)36-20-24-39(53-7)25-21-36/h8-12,14-16,18-26,29,31-32,40-42H,13,17,27-28,30H2,1-7H3,(H,47,50,51)/t40-,41+,42+,58?/m0/s1. The normalized spacial score (nSPS) is 17.6. The Morgan fingerprint density at radius 1 is 0.862 bits per heavy atom. The molecular formula is C45H55N4O8P. The van der Waals surface area contributed by atoms with Crippen molar-refractivity contribution in [1.82, 2.24) is 19.2 Å². The van der Waals surface area contributed by atoms with Crippen LogP contribution in [0.3, 0.4) is 0 Å². The molecule has 3 heterocycles. The molecule has 308 valence electrons. The van der Waals surface area contributed by atoms with E-state index in [1.807, 2.05) is 97.1 Å². The van der Waals surface area contributed by atoms with Gasteiger partial charge in [0.1, 0.15) is 29.4 Å². The molecule has 12 nitrogen and oxygen atoms in total. The average molecular weight is 811 g/mol. The fourth-order valence-corrected chi connectivity index (χ4v) is 9.19. The summed E-state index contributed by atoms with van der Waals surface area (Å²) < 4.78 is 42.6. The SMILES string of the molecule is COc1ccc(C(OC[C@H]2O[C@@H](n3cc(C)c(=O)[nH]c3=O)C[C@@H]2OP(OCCCc2ccccn2)N(C(C)C)C(C)C)(c2ccccc2)c2ccc(OC)cc2)cc1. The van der Waals surface area contributed by atoms with Crippen LogP contribution in [0.5, 0.6) is 11.5 Å². The Balaban J connectivity index is 1.38. The number of hydrogen-bond acceptors (Lipinski definition) is 10. The molecule has 4 atom stereocenters. The van der Waals surface area contributed by atoms with E-state index in [0.717, 1.165) is 35.2 Å². The highest BCUT2D eigenvalue weighted by Crippen LogP contribution is 2.50. The monoisotopic (exact) mass is 810 g/mol. The van der Waals surface area contributed by atoms with Crippen LogP contribution in [0.2, 0.25) is 0 Å². The van der Waals surface area contributed by atoms with Gasteiger partial charge in [-0.25, -0.2) is 9.46 Å². The summed E-state index contributed by atoms with van der Waals surface area (Å²) in [5.41, 5.74) is 1.91. The van der Waals surface area contributed by atoms with E-state index in [4.69, 9.17) is 28.0 Å². The molecule has 1 aliphatic heterocycles. The summed E-state index contributed by atoms with van der Waals surface area (Å²) in [4.78, 5) is 32.6. The van der Waals surface area contributed by atoms with E-state index < -0.39 is 43.8 Å². The fourth-order valence-electron chi connectivity index (χ4n) is 7.40. The van der Waals surface area contributed by atoms with Crippen molar-refractivity contribution in [2.45, 2.75) is 90.0 Å². The van der Waals surface area contributed by atoms with Crippen molar-refractivity contribution in [2.24, 2.45) is 0 Å². The lowest BCUT2D eigenvalue weighted by molar-refractivity contribution is -0.0926. The molecule has 3 aromatic carbocycles. The smallest absolute Gasteiger partial charge is 0.330 e. The Labute approximate surface area is 342 Å². The zero-order chi connectivity index (χ0) is 41.2. The van der Waals surface area contributed by atoms with E-state index >= 15 is 0 Å². The Morgan fingerprint density at radius 3 is 2.03 bits per heavy atom. The highest BCUT2D eigenvalue weighted by atomic mass is 31.2. The van der Waals surface area contributed by atoms with Gasteiger partial charge in [0.15, 0.2) is 0 Å². The molecule has 1 fully saturated rings. The largest absolute Gasteiger partial charge is 0.497 e. The lowest BCUT2D eigenvalue weighted by Gasteiger charge is -2.39. The van der Waals surface area contributed by atoms with E-state index in [0.29, 0.717) is 30.1 Å². The molecule has 0 spiro atoms. The molecule has 1 saturated heterocycles. The number of benzene rings is 3. The van der Waals surface area contributed by atoms with Gasteiger partial charge in [0.25, 0.3) is 14.1 Å². The van der Waals surface area contributed by atoms with Gasteiger partial charge in [-0.15, -0.1) is 0 Å². The lowest BCUT2D eigenvalue weighted by atomic mass is 9.80. The average Bonchev–Trinajstić information content (AvgIpc) is 3.63. The van der Waals surface area contributed by atoms with Gasteiger partial charge in [-0.2, -0.15) is 0 Å². The van der Waals surface area contributed by atoms with Crippen LogP contribution in [0.4, 0.5) is 0 Å². The number of aromatic nitrogens is 3. The minimum Gasteiger partial charge on any atom is -0.497 e. The predicted molar refractivity (Wildman–Crippen MR) is 225 cm³/mol. The number of hydrogen-bond donors (Lipinski definition) is 1. The van der Waals surface area contributed by atoms with Crippen molar-refractivity contribution in [1.29, 1.82) is 0 Å². The van der Waals surface area contributed by atoms with Crippen molar-refractivity contribution < 1.29 is 28.0 Å². The van der Waals surface area contributed by atoms with Crippen molar-refractivity contribution in [3.8, 4) is 11.5 Å². The van der Waals surface area contributed by atoms with Gasteiger partial charge in [-0.1, -0.05) is 60.7 Å². The summed E-state index contributed by atoms with van der Waals surface area (Å²) in [7, 11) is 1.68. The predicted octanol–water partition coefficient (Wildman–Crippen LogP) is 7.93. The molecule has 0 bridgehead atoms. The molecule has 0 saturated carbocycles. The molecule has 1 unspecified atom stereocenters. The molecule has 0 amide bonds. The van der Waals surface area contributed by atoms with Gasteiger partial charge in [0, 0.05) is 42.2 Å². The minimum absolute atomic E-state index is 0.0669. The first-order chi connectivity index (χ1) is 28.0. The van der Waals surface area contributed by atoms with Gasteiger partial charge in [-0.05, 0) is 101 Å². The number of aromatic amines is 1. The van der Waals surface area contributed by atoms with Crippen molar-refractivity contribution >= 4 is 8.53 Å². The highest BCUT2D eigenvalue weighted by molar-refractivity contribution is 7.44. The van der Waals surface area contributed by atoms with Gasteiger partial charge in [0.05, 0.1) is 33.5 Å². The van der Waals surface area contributed by atoms with Gasteiger partial charge in [-0.3, -0.25) is 19.3 Å². The van der Waals surface area contributed by atoms with Gasteiger partial charge < -0.3 is 28.0 Å². The molecule has 2 aromatic heterocycles. The first-order valence-corrected chi connectivity index (χ1v) is 20.9. The number of rotatable bonds is 19. The Hall–Kier alpha value is -4.68. The number of nitrogens with one attached hydrogen (secondary N) is 1. The topological polar surface area (TPSA) is 126 Å². The lowest BCUT2D eigenvalue weighted by Crippen LogP contribution is -2.39. The maximum absolute atomic E-state index is 13.3. The van der Waals surface area contributed by atoms with Crippen LogP contribution in [0.15, 0.2) is 119 Å². The molecule has 58 heavy (non-hydrogen) atoms. The van der Waals surface area contributed by atoms with Crippen LogP contribution in [0.1, 0.15) is 74.7 Å². The molecule has 1 aliphatic rings. The van der Waals surface area contributed by atoms with E-state index in [1.54, 1.807) is 33.5 Å². The Kier molecular flexibility index (Phi) is 14.7. The zero-order valence-corrected chi connectivity index (χ0v) is 35.3. The maximum Gasteiger partial charge on any atom is 0.330 e. The van der Waals surface area contributed by atoms with Gasteiger partial charge >= 0.3 is 5.69 Å². The van der Waals surface area contributed by atoms with Crippen molar-refractivity contribution in [3.63, 3.8) is 0 Å². The second-order valence-electron chi connectivity index (χ2n) is 14.9. The number of pyridine rings is 1. The second kappa shape index (κ2) is 19.8. The molecular weight excluding hydrogens is 755 g/mol. The van der Waals surface area contributed by atoms with Crippen LogP contribution < -0.4 is 20.7 Å². The molecule has 1 N–H and O–H groups in total. The molecule has 6 rings (SSSR count). The number of nitrogens with zero attached hydrogens (tertiary/aromatic N) is 3. The first kappa shape index (κ1) is 42.9. The summed E-state index contributed by atoms with van der Waals surface area (Å²) >= 11 is 0. The van der Waals surface area contributed by atoms with Crippen molar-refractivity contribution in [3.05, 3.63) is 158 Å². The Morgan fingerprint density at radius 2 is 1.47 bits per heavy atom. The number of methoxy groups -OCH3 is 2. The second-order valence-corrected chi connectivity index (χ2v) is 16.3. The van der Waals surface area contributed by atoms with Gasteiger partial charge in [0.2, 0.25) is 0 Å². The third-order valence-electron chi connectivity index (χ3n) is 10.3. The van der Waals surface area contributed by atoms with Crippen LogP contribution in [-0.4, -0.2) is 70.9 Å². The van der Waals surface area contributed by atoms with Crippen LogP contribution in [0, 0.1) is 6.92 Å². The minimum atomic E-state index is -1.61. The maximum atomic E-state index is 13.3. The number of ether oxygens (including phenoxy) is 4. The third kappa shape index (κ3) is 9.94. The summed E-state index contributed by atoms with van der Waals surface area (Å²) in [5.74, 6) is 1.43. The fraction of sp³-hybridized carbons (Fsp3) is 0.400. The molecule has 13 heteroatoms. The van der Waals surface area contributed by atoms with E-state index in [2.05, 4.69) is 42.3 Å². The highest BCUT2D eigenvalue weighted by Gasteiger charge is 2.45. The summed E-state index contributed by atoms with van der Waals surface area (Å²) in [6, 6.07) is 31.9. The number of aryl methyl sites for hydroxylation is 2. The molecule has 5 aromatic rings.